The van der Waals surface area contributed by atoms with Gasteiger partial charge in [-0.1, -0.05) is 18.2 Å². The second-order valence-corrected chi connectivity index (χ2v) is 6.31. The minimum Gasteiger partial charge on any atom is -0.454 e. The van der Waals surface area contributed by atoms with Crippen molar-refractivity contribution in [2.75, 3.05) is 18.7 Å². The summed E-state index contributed by atoms with van der Waals surface area (Å²) in [5.74, 6) is 0.285. The Hall–Kier alpha value is -4.07. The Labute approximate surface area is 165 Å². The molecule has 8 heteroatoms. The standard InChI is InChI=1S/C21H17N3O5/c25-19(8-5-14-9-13-3-1-2-4-16(13)24-21(14)27)22-11-20(26)23-15-6-7-17-18(10-15)29-12-28-17/h1-10H,11-12H2,(H,22,25)(H,23,26)(H,24,27)/b8-5+. The van der Waals surface area contributed by atoms with E-state index in [1.807, 2.05) is 18.2 Å². The molecule has 4 rings (SSSR count). The quantitative estimate of drug-likeness (QED) is 0.577. The zero-order chi connectivity index (χ0) is 20.2. The van der Waals surface area contributed by atoms with E-state index in [1.165, 1.54) is 12.2 Å². The molecule has 29 heavy (non-hydrogen) atoms. The molecule has 2 aromatic carbocycles. The van der Waals surface area contributed by atoms with Crippen LogP contribution in [0, 0.1) is 0 Å². The molecular formula is C21H17N3O5. The molecule has 2 heterocycles. The Morgan fingerprint density at radius 1 is 1.07 bits per heavy atom. The summed E-state index contributed by atoms with van der Waals surface area (Å²) in [5.41, 5.74) is 1.31. The zero-order valence-corrected chi connectivity index (χ0v) is 15.2. The molecule has 2 amide bonds. The summed E-state index contributed by atoms with van der Waals surface area (Å²) in [5, 5.41) is 5.99. The van der Waals surface area contributed by atoms with Gasteiger partial charge in [0.05, 0.1) is 6.54 Å². The molecule has 0 bridgehead atoms. The summed E-state index contributed by atoms with van der Waals surface area (Å²) in [7, 11) is 0. The number of nitrogens with one attached hydrogen (secondary N) is 3. The van der Waals surface area contributed by atoms with Crippen LogP contribution in [0.5, 0.6) is 11.5 Å². The highest BCUT2D eigenvalue weighted by molar-refractivity contribution is 5.98. The fourth-order valence-electron chi connectivity index (χ4n) is 2.86. The van der Waals surface area contributed by atoms with Crippen LogP contribution < -0.4 is 25.7 Å². The molecule has 146 valence electrons. The molecule has 1 aliphatic heterocycles. The summed E-state index contributed by atoms with van der Waals surface area (Å²) in [6, 6.07) is 14.1. The van der Waals surface area contributed by atoms with Crippen LogP contribution in [-0.2, 0) is 9.59 Å². The van der Waals surface area contributed by atoms with Crippen molar-refractivity contribution in [2.45, 2.75) is 0 Å². The Balaban J connectivity index is 1.33. The summed E-state index contributed by atoms with van der Waals surface area (Å²) in [4.78, 5) is 38.8. The minimum absolute atomic E-state index is 0.148. The molecule has 0 saturated heterocycles. The van der Waals surface area contributed by atoms with E-state index in [0.717, 1.165) is 10.9 Å². The lowest BCUT2D eigenvalue weighted by molar-refractivity contribution is -0.121. The molecule has 8 nitrogen and oxygen atoms in total. The number of rotatable bonds is 5. The van der Waals surface area contributed by atoms with Gasteiger partial charge >= 0.3 is 0 Å². The predicted octanol–water partition coefficient (Wildman–Crippen LogP) is 2.02. The van der Waals surface area contributed by atoms with E-state index < -0.39 is 11.8 Å². The SMILES string of the molecule is O=C(/C=C/c1cc2ccccc2[nH]c1=O)NCC(=O)Nc1ccc2c(c1)OCO2. The van der Waals surface area contributed by atoms with Gasteiger partial charge in [0.15, 0.2) is 11.5 Å². The van der Waals surface area contributed by atoms with Gasteiger partial charge in [0, 0.05) is 28.9 Å². The number of carbonyl (C=O) groups excluding carboxylic acids is 2. The first kappa shape index (κ1) is 18.3. The van der Waals surface area contributed by atoms with Crippen LogP contribution in [0.15, 0.2) is 59.4 Å². The lowest BCUT2D eigenvalue weighted by Crippen LogP contribution is -2.31. The van der Waals surface area contributed by atoms with Crippen LogP contribution >= 0.6 is 0 Å². The van der Waals surface area contributed by atoms with Crippen molar-refractivity contribution in [3.8, 4) is 11.5 Å². The lowest BCUT2D eigenvalue weighted by atomic mass is 10.1. The number of hydrogen-bond acceptors (Lipinski definition) is 5. The van der Waals surface area contributed by atoms with Crippen LogP contribution in [-0.4, -0.2) is 30.1 Å². The molecule has 3 aromatic rings. The monoisotopic (exact) mass is 391 g/mol. The van der Waals surface area contributed by atoms with Gasteiger partial charge in [-0.15, -0.1) is 0 Å². The lowest BCUT2D eigenvalue weighted by Gasteiger charge is -2.06. The first-order valence-electron chi connectivity index (χ1n) is 8.86. The van der Waals surface area contributed by atoms with Crippen molar-refractivity contribution < 1.29 is 19.1 Å². The predicted molar refractivity (Wildman–Crippen MR) is 108 cm³/mol. The number of para-hydroxylation sites is 1. The number of benzene rings is 2. The highest BCUT2D eigenvalue weighted by Crippen LogP contribution is 2.34. The van der Waals surface area contributed by atoms with Gasteiger partial charge in [0.1, 0.15) is 0 Å². The third kappa shape index (κ3) is 4.27. The highest BCUT2D eigenvalue weighted by Gasteiger charge is 2.14. The molecule has 0 radical (unpaired) electrons. The topological polar surface area (TPSA) is 110 Å². The molecular weight excluding hydrogens is 374 g/mol. The number of carbonyl (C=O) groups is 2. The number of pyridine rings is 1. The average molecular weight is 391 g/mol. The van der Waals surface area contributed by atoms with Crippen molar-refractivity contribution in [1.29, 1.82) is 0 Å². The fourth-order valence-corrected chi connectivity index (χ4v) is 2.86. The van der Waals surface area contributed by atoms with E-state index >= 15 is 0 Å². The maximum atomic E-state index is 12.1. The summed E-state index contributed by atoms with van der Waals surface area (Å²) < 4.78 is 10.5. The molecule has 0 atom stereocenters. The molecule has 0 fully saturated rings. The number of aromatic amines is 1. The van der Waals surface area contributed by atoms with Crippen LogP contribution in [0.1, 0.15) is 5.56 Å². The number of H-pyrrole nitrogens is 1. The Kier molecular flexibility index (Phi) is 4.98. The van der Waals surface area contributed by atoms with Crippen molar-refractivity contribution in [3.05, 3.63) is 70.5 Å². The highest BCUT2D eigenvalue weighted by atomic mass is 16.7. The van der Waals surface area contributed by atoms with Crippen molar-refractivity contribution in [3.63, 3.8) is 0 Å². The zero-order valence-electron chi connectivity index (χ0n) is 15.2. The van der Waals surface area contributed by atoms with Crippen molar-refractivity contribution in [1.82, 2.24) is 10.3 Å². The number of ether oxygens (including phenoxy) is 2. The average Bonchev–Trinajstić information content (AvgIpc) is 3.18. The molecule has 0 unspecified atom stereocenters. The fraction of sp³-hybridized carbons (Fsp3) is 0.0952. The van der Waals surface area contributed by atoms with Gasteiger partial charge in [-0.25, -0.2) is 0 Å². The van der Waals surface area contributed by atoms with E-state index in [1.54, 1.807) is 30.3 Å². The van der Waals surface area contributed by atoms with Gasteiger partial charge < -0.3 is 25.1 Å². The minimum atomic E-state index is -0.488. The van der Waals surface area contributed by atoms with Crippen molar-refractivity contribution in [2.24, 2.45) is 0 Å². The summed E-state index contributed by atoms with van der Waals surface area (Å²) >= 11 is 0. The van der Waals surface area contributed by atoms with Crippen molar-refractivity contribution >= 4 is 34.5 Å². The number of anilines is 1. The molecule has 1 aromatic heterocycles. The number of fused-ring (bicyclic) bond motifs is 2. The first-order chi connectivity index (χ1) is 14.1. The first-order valence-corrected chi connectivity index (χ1v) is 8.86. The van der Waals surface area contributed by atoms with E-state index in [-0.39, 0.29) is 18.9 Å². The molecule has 0 spiro atoms. The van der Waals surface area contributed by atoms with Gasteiger partial charge in [-0.3, -0.25) is 14.4 Å². The maximum absolute atomic E-state index is 12.1. The molecule has 0 saturated carbocycles. The van der Waals surface area contributed by atoms with E-state index in [2.05, 4.69) is 15.6 Å². The molecule has 1 aliphatic rings. The third-order valence-corrected chi connectivity index (χ3v) is 4.28. The molecule has 0 aliphatic carbocycles. The van der Waals surface area contributed by atoms with Crippen LogP contribution in [0.4, 0.5) is 5.69 Å². The Morgan fingerprint density at radius 3 is 2.79 bits per heavy atom. The second kappa shape index (κ2) is 7.89. The van der Waals surface area contributed by atoms with Gasteiger partial charge in [0.2, 0.25) is 18.6 Å². The number of amides is 2. The van der Waals surface area contributed by atoms with E-state index in [0.29, 0.717) is 22.7 Å². The largest absolute Gasteiger partial charge is 0.454 e. The molecule has 3 N–H and O–H groups in total. The maximum Gasteiger partial charge on any atom is 0.255 e. The van der Waals surface area contributed by atoms with Gasteiger partial charge in [0.25, 0.3) is 5.56 Å². The normalized spacial score (nSPS) is 12.3. The van der Waals surface area contributed by atoms with E-state index in [4.69, 9.17) is 9.47 Å². The van der Waals surface area contributed by atoms with Gasteiger partial charge in [-0.2, -0.15) is 0 Å². The summed E-state index contributed by atoms with van der Waals surface area (Å²) in [6.45, 7) is -0.0686. The Bertz CT molecular complexity index is 1180. The number of aromatic nitrogens is 1. The smallest absolute Gasteiger partial charge is 0.255 e. The van der Waals surface area contributed by atoms with E-state index in [9.17, 15) is 14.4 Å². The number of hydrogen-bond donors (Lipinski definition) is 3. The summed E-state index contributed by atoms with van der Waals surface area (Å²) in [6.07, 6.45) is 2.63. The van der Waals surface area contributed by atoms with Crippen LogP contribution in [0.2, 0.25) is 0 Å². The third-order valence-electron chi connectivity index (χ3n) is 4.28. The van der Waals surface area contributed by atoms with Gasteiger partial charge in [-0.05, 0) is 35.7 Å². The van der Waals surface area contributed by atoms with Crippen LogP contribution in [0.3, 0.4) is 0 Å². The van der Waals surface area contributed by atoms with Crippen LogP contribution in [0.25, 0.3) is 17.0 Å². The Morgan fingerprint density at radius 2 is 1.90 bits per heavy atom. The second-order valence-electron chi connectivity index (χ2n) is 6.31.